The lowest BCUT2D eigenvalue weighted by Gasteiger charge is -2.32. The maximum Gasteiger partial charge on any atom is 0.191 e. The Balaban J connectivity index is 1.94. The van der Waals surface area contributed by atoms with Crippen LogP contribution in [0.25, 0.3) is 0 Å². The lowest BCUT2D eigenvalue weighted by molar-refractivity contribution is 0.00525. The molecule has 1 heterocycles. The van der Waals surface area contributed by atoms with Crippen LogP contribution >= 0.6 is 0 Å². The molecule has 4 heteroatoms. The largest absolute Gasteiger partial charge is 0.375 e. The average molecular weight is 239 g/mol. The van der Waals surface area contributed by atoms with E-state index in [1.165, 1.54) is 6.42 Å². The van der Waals surface area contributed by atoms with Gasteiger partial charge in [0.2, 0.25) is 0 Å². The van der Waals surface area contributed by atoms with Gasteiger partial charge >= 0.3 is 0 Å². The fraction of sp³-hybridized carbons (Fsp3) is 0.923. The first kappa shape index (κ1) is 12.7. The molecule has 3 unspecified atom stereocenters. The van der Waals surface area contributed by atoms with Crippen LogP contribution in [0.2, 0.25) is 0 Å². The van der Waals surface area contributed by atoms with Crippen LogP contribution in [0.3, 0.4) is 0 Å². The Morgan fingerprint density at radius 2 is 2.24 bits per heavy atom. The minimum Gasteiger partial charge on any atom is -0.375 e. The number of nitrogens with zero attached hydrogens (tertiary/aromatic N) is 2. The average Bonchev–Trinajstić information content (AvgIpc) is 2.91. The van der Waals surface area contributed by atoms with Crippen molar-refractivity contribution in [2.45, 2.75) is 46.3 Å². The first-order chi connectivity index (χ1) is 7.93. The molecule has 0 aromatic rings. The summed E-state index contributed by atoms with van der Waals surface area (Å²) < 4.78 is 5.51. The highest BCUT2D eigenvalue weighted by Crippen LogP contribution is 2.53. The Morgan fingerprint density at radius 1 is 1.53 bits per heavy atom. The molecule has 98 valence electrons. The maximum atomic E-state index is 6.09. The zero-order chi connectivity index (χ0) is 12.6. The molecule has 1 saturated heterocycles. The fourth-order valence-corrected chi connectivity index (χ4v) is 2.44. The fourth-order valence-electron chi connectivity index (χ4n) is 2.44. The van der Waals surface area contributed by atoms with E-state index in [4.69, 9.17) is 10.5 Å². The van der Waals surface area contributed by atoms with Gasteiger partial charge in [0, 0.05) is 13.1 Å². The standard InChI is InChI=1S/C13H25N3O/c1-9(2)13(4)7-11(13)15-12(14)16-5-6-17-10(3)8-16/h9-11H,5-8H2,1-4H3,(H2,14,15). The molecule has 2 fully saturated rings. The first-order valence-electron chi connectivity index (χ1n) is 6.63. The van der Waals surface area contributed by atoms with E-state index >= 15 is 0 Å². The summed E-state index contributed by atoms with van der Waals surface area (Å²) in [6, 6.07) is 0.417. The molecule has 0 amide bonds. The molecule has 0 bridgehead atoms. The summed E-state index contributed by atoms with van der Waals surface area (Å²) in [5, 5.41) is 0. The van der Waals surface area contributed by atoms with E-state index < -0.39 is 0 Å². The molecule has 2 rings (SSSR count). The van der Waals surface area contributed by atoms with E-state index in [9.17, 15) is 0 Å². The first-order valence-corrected chi connectivity index (χ1v) is 6.63. The van der Waals surface area contributed by atoms with Gasteiger partial charge in [-0.2, -0.15) is 0 Å². The number of ether oxygens (including phenoxy) is 1. The molecule has 2 N–H and O–H groups in total. The van der Waals surface area contributed by atoms with Crippen LogP contribution in [0.4, 0.5) is 0 Å². The summed E-state index contributed by atoms with van der Waals surface area (Å²) in [6.45, 7) is 11.4. The van der Waals surface area contributed by atoms with Crippen molar-refractivity contribution in [1.29, 1.82) is 0 Å². The second-order valence-corrected chi connectivity index (χ2v) is 6.00. The smallest absolute Gasteiger partial charge is 0.191 e. The van der Waals surface area contributed by atoms with Gasteiger partial charge in [-0.25, -0.2) is 4.99 Å². The van der Waals surface area contributed by atoms with E-state index in [1.54, 1.807) is 0 Å². The lowest BCUT2D eigenvalue weighted by atomic mass is 9.94. The van der Waals surface area contributed by atoms with Crippen LogP contribution in [-0.2, 0) is 4.74 Å². The van der Waals surface area contributed by atoms with Crippen LogP contribution in [0.15, 0.2) is 4.99 Å². The van der Waals surface area contributed by atoms with Crippen molar-refractivity contribution in [3.8, 4) is 0 Å². The molecule has 1 aliphatic heterocycles. The van der Waals surface area contributed by atoms with Gasteiger partial charge < -0.3 is 15.4 Å². The summed E-state index contributed by atoms with van der Waals surface area (Å²) in [4.78, 5) is 6.83. The van der Waals surface area contributed by atoms with Gasteiger partial charge in [-0.1, -0.05) is 20.8 Å². The van der Waals surface area contributed by atoms with Gasteiger partial charge in [0.05, 0.1) is 18.8 Å². The molecule has 0 spiro atoms. The predicted octanol–water partition coefficient (Wildman–Crippen LogP) is 1.46. The van der Waals surface area contributed by atoms with Gasteiger partial charge in [-0.3, -0.25) is 0 Å². The highest BCUT2D eigenvalue weighted by molar-refractivity contribution is 5.78. The number of guanidine groups is 1. The Labute approximate surface area is 104 Å². The Morgan fingerprint density at radius 3 is 2.76 bits per heavy atom. The van der Waals surface area contributed by atoms with Gasteiger partial charge in [0.1, 0.15) is 0 Å². The van der Waals surface area contributed by atoms with Gasteiger partial charge in [0.15, 0.2) is 5.96 Å². The molecule has 0 aromatic carbocycles. The second kappa shape index (κ2) is 4.48. The molecular weight excluding hydrogens is 214 g/mol. The Hall–Kier alpha value is -0.770. The number of morpholine rings is 1. The molecule has 0 aromatic heterocycles. The summed E-state index contributed by atoms with van der Waals surface area (Å²) in [6.07, 6.45) is 1.43. The van der Waals surface area contributed by atoms with Gasteiger partial charge in [-0.05, 0) is 24.7 Å². The van der Waals surface area contributed by atoms with Crippen LogP contribution in [0.1, 0.15) is 34.1 Å². The monoisotopic (exact) mass is 239 g/mol. The quantitative estimate of drug-likeness (QED) is 0.586. The Bertz CT molecular complexity index is 316. The summed E-state index contributed by atoms with van der Waals surface area (Å²) in [5.41, 5.74) is 6.46. The molecule has 0 radical (unpaired) electrons. The van der Waals surface area contributed by atoms with Crippen LogP contribution in [0.5, 0.6) is 0 Å². The third kappa shape index (κ3) is 2.57. The topological polar surface area (TPSA) is 50.8 Å². The number of aliphatic imine (C=N–C) groups is 1. The third-order valence-corrected chi connectivity index (χ3v) is 4.41. The highest BCUT2D eigenvalue weighted by Gasteiger charge is 2.52. The molecule has 1 aliphatic carbocycles. The number of hydrogen-bond donors (Lipinski definition) is 1. The van der Waals surface area contributed by atoms with E-state index in [2.05, 4.69) is 37.6 Å². The zero-order valence-electron chi connectivity index (χ0n) is 11.4. The molecule has 2 aliphatic rings. The number of nitrogens with two attached hydrogens (primary N) is 1. The van der Waals surface area contributed by atoms with Crippen molar-refractivity contribution in [3.63, 3.8) is 0 Å². The minimum atomic E-state index is 0.258. The second-order valence-electron chi connectivity index (χ2n) is 6.00. The van der Waals surface area contributed by atoms with Gasteiger partial charge in [0.25, 0.3) is 0 Å². The summed E-state index contributed by atoms with van der Waals surface area (Å²) in [7, 11) is 0. The van der Waals surface area contributed by atoms with Crippen molar-refractivity contribution in [1.82, 2.24) is 4.90 Å². The molecule has 17 heavy (non-hydrogen) atoms. The van der Waals surface area contributed by atoms with E-state index in [0.717, 1.165) is 19.7 Å². The SMILES string of the molecule is CC1CN(C(N)=NC2CC2(C)C(C)C)CCO1. The number of hydrogen-bond acceptors (Lipinski definition) is 2. The maximum absolute atomic E-state index is 6.09. The van der Waals surface area contributed by atoms with Crippen molar-refractivity contribution in [3.05, 3.63) is 0 Å². The molecule has 4 nitrogen and oxygen atoms in total. The lowest BCUT2D eigenvalue weighted by Crippen LogP contribution is -2.48. The van der Waals surface area contributed by atoms with Gasteiger partial charge in [-0.15, -0.1) is 0 Å². The molecule has 1 saturated carbocycles. The third-order valence-electron chi connectivity index (χ3n) is 4.41. The zero-order valence-corrected chi connectivity index (χ0v) is 11.4. The van der Waals surface area contributed by atoms with Crippen molar-refractivity contribution < 1.29 is 4.74 Å². The van der Waals surface area contributed by atoms with Crippen LogP contribution in [-0.4, -0.2) is 42.7 Å². The molecular formula is C13H25N3O. The minimum absolute atomic E-state index is 0.258. The number of rotatable bonds is 2. The van der Waals surface area contributed by atoms with E-state index in [1.807, 2.05) is 0 Å². The molecule has 3 atom stereocenters. The van der Waals surface area contributed by atoms with E-state index in [0.29, 0.717) is 23.3 Å². The normalized spacial score (nSPS) is 38.6. The van der Waals surface area contributed by atoms with Crippen molar-refractivity contribution in [2.75, 3.05) is 19.7 Å². The summed E-state index contributed by atoms with van der Waals surface area (Å²) >= 11 is 0. The highest BCUT2D eigenvalue weighted by atomic mass is 16.5. The Kier molecular flexibility index (Phi) is 3.34. The van der Waals surface area contributed by atoms with Crippen LogP contribution in [0, 0.1) is 11.3 Å². The van der Waals surface area contributed by atoms with Crippen LogP contribution < -0.4 is 5.73 Å². The van der Waals surface area contributed by atoms with Crippen molar-refractivity contribution in [2.24, 2.45) is 22.1 Å². The van der Waals surface area contributed by atoms with E-state index in [-0.39, 0.29) is 6.10 Å². The predicted molar refractivity (Wildman–Crippen MR) is 70.0 cm³/mol. The van der Waals surface area contributed by atoms with Crippen molar-refractivity contribution >= 4 is 5.96 Å². The summed E-state index contributed by atoms with van der Waals surface area (Å²) in [5.74, 6) is 1.38.